The summed E-state index contributed by atoms with van der Waals surface area (Å²) in [5, 5.41) is 62.0. The minimum atomic E-state index is -1.68. The van der Waals surface area contributed by atoms with Crippen LogP contribution < -0.4 is 5.43 Å². The summed E-state index contributed by atoms with van der Waals surface area (Å²) < 4.78 is 11.1. The lowest BCUT2D eigenvalue weighted by atomic mass is 9.83. The zero-order chi connectivity index (χ0) is 21.6. The summed E-state index contributed by atoms with van der Waals surface area (Å²) in [5.41, 5.74) is -0.483. The van der Waals surface area contributed by atoms with Gasteiger partial charge in [0.05, 0.1) is 37.4 Å². The summed E-state index contributed by atoms with van der Waals surface area (Å²) in [4.78, 5) is 12.9. The van der Waals surface area contributed by atoms with E-state index in [2.05, 4.69) is 0 Å². The van der Waals surface area contributed by atoms with Gasteiger partial charge < -0.3 is 39.8 Å². The first kappa shape index (κ1) is 20.6. The summed E-state index contributed by atoms with van der Waals surface area (Å²) in [7, 11) is 0. The zero-order valence-electron chi connectivity index (χ0n) is 15.8. The van der Waals surface area contributed by atoms with Gasteiger partial charge in [-0.2, -0.15) is 0 Å². The summed E-state index contributed by atoms with van der Waals surface area (Å²) in [6, 6.07) is 7.60. The van der Waals surface area contributed by atoms with Gasteiger partial charge in [-0.1, -0.05) is 12.1 Å². The number of aromatic hydroxyl groups is 2. The molecule has 0 amide bonds. The molecule has 6 N–H and O–H groups in total. The summed E-state index contributed by atoms with van der Waals surface area (Å²) in [6.07, 6.45) is -4.83. The molecule has 2 heterocycles. The number of ether oxygens (including phenoxy) is 1. The van der Waals surface area contributed by atoms with Crippen molar-refractivity contribution in [2.24, 2.45) is 5.92 Å². The average Bonchev–Trinajstić information content (AvgIpc) is 2.73. The van der Waals surface area contributed by atoms with Gasteiger partial charge in [0.2, 0.25) is 5.43 Å². The van der Waals surface area contributed by atoms with Gasteiger partial charge in [0, 0.05) is 23.5 Å². The first-order chi connectivity index (χ1) is 14.3. The molecule has 9 heteroatoms. The van der Waals surface area contributed by atoms with Crippen molar-refractivity contribution in [3.8, 4) is 11.5 Å². The topological polar surface area (TPSA) is 161 Å². The number of rotatable bonds is 2. The Morgan fingerprint density at radius 3 is 2.43 bits per heavy atom. The number of phenolic OH excluding ortho intramolecular Hbond substituents is 2. The molecule has 1 aromatic heterocycles. The lowest BCUT2D eigenvalue weighted by Gasteiger charge is -2.36. The number of phenols is 2. The van der Waals surface area contributed by atoms with Crippen molar-refractivity contribution in [1.82, 2.24) is 0 Å². The molecule has 9 nitrogen and oxygen atoms in total. The van der Waals surface area contributed by atoms with Gasteiger partial charge in [-0.05, 0) is 12.1 Å². The average molecular weight is 418 g/mol. The van der Waals surface area contributed by atoms with Crippen LogP contribution in [0.5, 0.6) is 11.5 Å². The van der Waals surface area contributed by atoms with Crippen molar-refractivity contribution in [3.05, 3.63) is 46.1 Å². The molecule has 4 rings (SSSR count). The van der Waals surface area contributed by atoms with E-state index in [0.717, 1.165) is 6.07 Å². The molecule has 1 saturated heterocycles. The lowest BCUT2D eigenvalue weighted by molar-refractivity contribution is -0.133. The van der Waals surface area contributed by atoms with Crippen LogP contribution in [0.25, 0.3) is 21.9 Å². The molecule has 0 aliphatic carbocycles. The first-order valence-electron chi connectivity index (χ1n) is 9.48. The van der Waals surface area contributed by atoms with E-state index < -0.39 is 53.7 Å². The van der Waals surface area contributed by atoms with E-state index in [1.807, 2.05) is 0 Å². The third kappa shape index (κ3) is 3.21. The third-order valence-corrected chi connectivity index (χ3v) is 5.69. The van der Waals surface area contributed by atoms with Crippen molar-refractivity contribution < 1.29 is 39.8 Å². The highest BCUT2D eigenvalue weighted by molar-refractivity contribution is 5.95. The fraction of sp³-hybridized carbons (Fsp3) is 0.381. The third-order valence-electron chi connectivity index (χ3n) is 5.69. The van der Waals surface area contributed by atoms with E-state index in [9.17, 15) is 35.4 Å². The maximum atomic E-state index is 12.9. The first-order valence-corrected chi connectivity index (χ1v) is 9.48. The molecular weight excluding hydrogens is 396 g/mol. The molecule has 5 atom stereocenters. The Balaban J connectivity index is 1.88. The zero-order valence-corrected chi connectivity index (χ0v) is 15.8. The maximum absolute atomic E-state index is 12.9. The SMILES string of the molecule is O=c1c2ccccc2oc2cc(O)c([C@H]3COC[C@H](CO)[C@H](O)[C@H](O)[C@@H]3O)c(O)c12. The molecule has 1 fully saturated rings. The molecular formula is C21H22O9. The van der Waals surface area contributed by atoms with Gasteiger partial charge in [0.25, 0.3) is 0 Å². The van der Waals surface area contributed by atoms with Gasteiger partial charge in [-0.25, -0.2) is 0 Å². The summed E-state index contributed by atoms with van der Waals surface area (Å²) >= 11 is 0. The minimum Gasteiger partial charge on any atom is -0.507 e. The summed E-state index contributed by atoms with van der Waals surface area (Å²) in [6.45, 7) is -0.816. The van der Waals surface area contributed by atoms with Crippen molar-refractivity contribution in [1.29, 1.82) is 0 Å². The maximum Gasteiger partial charge on any atom is 0.204 e. The van der Waals surface area contributed by atoms with Gasteiger partial charge in [-0.15, -0.1) is 0 Å². The molecule has 30 heavy (non-hydrogen) atoms. The predicted molar refractivity (Wildman–Crippen MR) is 105 cm³/mol. The molecule has 0 radical (unpaired) electrons. The number of fused-ring (bicyclic) bond motifs is 2. The second-order valence-electron chi connectivity index (χ2n) is 7.52. The van der Waals surface area contributed by atoms with Crippen molar-refractivity contribution in [2.75, 3.05) is 19.8 Å². The van der Waals surface area contributed by atoms with E-state index in [1.54, 1.807) is 18.2 Å². The van der Waals surface area contributed by atoms with Crippen LogP contribution in [-0.2, 0) is 4.74 Å². The van der Waals surface area contributed by atoms with Crippen LogP contribution in [0.15, 0.2) is 39.5 Å². The molecule has 1 aliphatic rings. The Hall–Kier alpha value is -2.69. The molecule has 1 aliphatic heterocycles. The number of benzene rings is 2. The molecule has 0 spiro atoms. The number of aliphatic hydroxyl groups excluding tert-OH is 4. The van der Waals surface area contributed by atoms with Crippen LogP contribution in [0.1, 0.15) is 11.5 Å². The fourth-order valence-corrected chi connectivity index (χ4v) is 3.99. The van der Waals surface area contributed by atoms with Crippen LogP contribution in [0.2, 0.25) is 0 Å². The number of hydrogen-bond acceptors (Lipinski definition) is 9. The normalized spacial score (nSPS) is 27.8. The fourth-order valence-electron chi connectivity index (χ4n) is 3.99. The van der Waals surface area contributed by atoms with E-state index >= 15 is 0 Å². The largest absolute Gasteiger partial charge is 0.507 e. The molecule has 0 bridgehead atoms. The quantitative estimate of drug-likeness (QED) is 0.319. The molecule has 0 unspecified atom stereocenters. The molecule has 3 aromatic rings. The minimum absolute atomic E-state index is 0.0420. The van der Waals surface area contributed by atoms with Crippen LogP contribution in [0.4, 0.5) is 0 Å². The van der Waals surface area contributed by atoms with Gasteiger partial charge >= 0.3 is 0 Å². The second kappa shape index (κ2) is 7.86. The Labute approximate surface area is 170 Å². The van der Waals surface area contributed by atoms with Gasteiger partial charge in [0.1, 0.15) is 34.2 Å². The lowest BCUT2D eigenvalue weighted by Crippen LogP contribution is -2.49. The highest BCUT2D eigenvalue weighted by Crippen LogP contribution is 2.42. The highest BCUT2D eigenvalue weighted by atomic mass is 16.5. The molecule has 0 saturated carbocycles. The number of aliphatic hydroxyl groups is 4. The van der Waals surface area contributed by atoms with Crippen LogP contribution in [-0.4, -0.2) is 68.8 Å². The number of para-hydroxylation sites is 1. The van der Waals surface area contributed by atoms with Crippen molar-refractivity contribution in [3.63, 3.8) is 0 Å². The van der Waals surface area contributed by atoms with E-state index in [-0.39, 0.29) is 40.7 Å². The van der Waals surface area contributed by atoms with Crippen LogP contribution in [0.3, 0.4) is 0 Å². The summed E-state index contributed by atoms with van der Waals surface area (Å²) in [5.74, 6) is -3.04. The predicted octanol–water partition coefficient (Wildman–Crippen LogP) is 0.162. The van der Waals surface area contributed by atoms with Gasteiger partial charge in [0.15, 0.2) is 0 Å². The Morgan fingerprint density at radius 1 is 0.967 bits per heavy atom. The van der Waals surface area contributed by atoms with Crippen LogP contribution >= 0.6 is 0 Å². The highest BCUT2D eigenvalue weighted by Gasteiger charge is 2.40. The second-order valence-corrected chi connectivity index (χ2v) is 7.52. The van der Waals surface area contributed by atoms with Crippen molar-refractivity contribution >= 4 is 21.9 Å². The van der Waals surface area contributed by atoms with Gasteiger partial charge in [-0.3, -0.25) is 4.79 Å². The Kier molecular flexibility index (Phi) is 5.39. The van der Waals surface area contributed by atoms with Crippen LogP contribution in [0, 0.1) is 5.92 Å². The standard InChI is InChI=1S/C21H22O9/c22-6-9-7-29-8-11(19(26)21(28)17(9)24)15-12(23)5-14-16(20(15)27)18(25)10-3-1-2-4-13(10)30-14/h1-5,9,11,17,19,21-24,26-28H,6-8H2/t9-,11+,17-,19+,21-/m0/s1. The molecule has 2 aromatic carbocycles. The van der Waals surface area contributed by atoms with Crippen molar-refractivity contribution in [2.45, 2.75) is 24.2 Å². The smallest absolute Gasteiger partial charge is 0.204 e. The number of hydrogen-bond donors (Lipinski definition) is 6. The van der Waals surface area contributed by atoms with E-state index in [1.165, 1.54) is 6.07 Å². The monoisotopic (exact) mass is 418 g/mol. The Bertz CT molecular complexity index is 1140. The molecule has 160 valence electrons. The van der Waals surface area contributed by atoms with E-state index in [0.29, 0.717) is 0 Å². The van der Waals surface area contributed by atoms with E-state index in [4.69, 9.17) is 9.15 Å². The Morgan fingerprint density at radius 2 is 1.70 bits per heavy atom.